The largest absolute Gasteiger partial charge is 0.506 e. The Morgan fingerprint density at radius 3 is 2.49 bits per heavy atom. The first-order valence-electron chi connectivity index (χ1n) is 13.7. The second-order valence-corrected chi connectivity index (χ2v) is 10.4. The van der Waals surface area contributed by atoms with Gasteiger partial charge in [0.05, 0.1) is 36.3 Å². The van der Waals surface area contributed by atoms with E-state index in [4.69, 9.17) is 32.2 Å². The lowest BCUT2D eigenvalue weighted by Crippen LogP contribution is -2.68. The van der Waals surface area contributed by atoms with Crippen molar-refractivity contribution in [2.75, 3.05) is 33.0 Å². The number of carbonyl (C=O) groups excluding carboxylic acids is 2. The summed E-state index contributed by atoms with van der Waals surface area (Å²) in [6, 6.07) is 2.76. The molecule has 0 aliphatic carbocycles. The van der Waals surface area contributed by atoms with E-state index in [0.717, 1.165) is 12.8 Å². The molecule has 1 aromatic carbocycles. The average molecular weight is 631 g/mol. The highest BCUT2D eigenvalue weighted by Crippen LogP contribution is 2.34. The molecule has 1 aliphatic rings. The lowest BCUT2D eigenvalue weighted by molar-refractivity contribution is -0.310. The lowest BCUT2D eigenvalue weighted by atomic mass is 9.88. The molecule has 2 amide bonds. The van der Waals surface area contributed by atoms with Gasteiger partial charge in [0.15, 0.2) is 0 Å². The van der Waals surface area contributed by atoms with Crippen LogP contribution in [0.1, 0.15) is 37.7 Å². The van der Waals surface area contributed by atoms with Gasteiger partial charge < -0.3 is 55.5 Å². The topological polar surface area (TPSA) is 224 Å². The number of carboxylic acid groups (broad SMARTS) is 1. The minimum Gasteiger partial charge on any atom is -0.506 e. The molecule has 6 atom stereocenters. The van der Waals surface area contributed by atoms with Crippen molar-refractivity contribution < 1.29 is 59.2 Å². The molecule has 1 aliphatic heterocycles. The third-order valence-corrected chi connectivity index (χ3v) is 7.01. The van der Waals surface area contributed by atoms with Crippen LogP contribution in [0.2, 0.25) is 5.02 Å². The molecule has 1 heterocycles. The molecule has 0 unspecified atom stereocenters. The summed E-state index contributed by atoms with van der Waals surface area (Å²) in [5.41, 5.74) is 0.417. The maximum atomic E-state index is 12.4. The molecule has 1 fully saturated rings. The molecule has 15 heteroatoms. The van der Waals surface area contributed by atoms with Gasteiger partial charge in [0.1, 0.15) is 31.2 Å². The highest BCUT2D eigenvalue weighted by molar-refractivity contribution is 6.32. The van der Waals surface area contributed by atoms with E-state index in [1.165, 1.54) is 18.2 Å². The van der Waals surface area contributed by atoms with E-state index in [9.17, 15) is 45.0 Å². The van der Waals surface area contributed by atoms with Crippen molar-refractivity contribution in [3.8, 4) is 18.1 Å². The summed E-state index contributed by atoms with van der Waals surface area (Å²) in [6.07, 6.45) is -0.200. The normalized spacial score (nSPS) is 23.1. The fourth-order valence-electron chi connectivity index (χ4n) is 4.45. The molecule has 0 aromatic heterocycles. The molecular weight excluding hydrogens is 592 g/mol. The monoisotopic (exact) mass is 630 g/mol. The number of rotatable bonds is 18. The van der Waals surface area contributed by atoms with Crippen LogP contribution < -0.4 is 10.6 Å². The summed E-state index contributed by atoms with van der Waals surface area (Å²) in [6.45, 7) is -0.888. The molecule has 8 N–H and O–H groups in total. The van der Waals surface area contributed by atoms with Crippen LogP contribution in [0.3, 0.4) is 0 Å². The van der Waals surface area contributed by atoms with Gasteiger partial charge in [0.25, 0.3) is 5.79 Å². The minimum absolute atomic E-state index is 0.0838. The van der Waals surface area contributed by atoms with E-state index < -0.39 is 73.6 Å². The van der Waals surface area contributed by atoms with E-state index >= 15 is 0 Å². The number of aliphatic hydroxyl groups is 4. The van der Waals surface area contributed by atoms with Gasteiger partial charge in [-0.05, 0) is 30.5 Å². The van der Waals surface area contributed by atoms with Crippen molar-refractivity contribution >= 4 is 29.4 Å². The number of carbonyl (C=O) groups is 3. The second kappa shape index (κ2) is 18.0. The highest BCUT2D eigenvalue weighted by Gasteiger charge is 2.55. The van der Waals surface area contributed by atoms with Crippen LogP contribution in [0.5, 0.6) is 5.75 Å². The number of hydrogen-bond acceptors (Lipinski definition) is 11. The molecule has 2 rings (SSSR count). The Kier molecular flexibility index (Phi) is 15.1. The molecule has 0 saturated carbocycles. The molecule has 240 valence electrons. The van der Waals surface area contributed by atoms with Crippen molar-refractivity contribution in [2.45, 2.75) is 74.8 Å². The smallest absolute Gasteiger partial charge is 0.364 e. The van der Waals surface area contributed by atoms with Crippen LogP contribution in [-0.4, -0.2) is 118 Å². The Bertz CT molecular complexity index is 1120. The number of hydrogen-bond donors (Lipinski definition) is 8. The summed E-state index contributed by atoms with van der Waals surface area (Å²) < 4.78 is 16.4. The predicted molar refractivity (Wildman–Crippen MR) is 151 cm³/mol. The minimum atomic E-state index is -2.43. The van der Waals surface area contributed by atoms with Gasteiger partial charge in [-0.1, -0.05) is 36.4 Å². The summed E-state index contributed by atoms with van der Waals surface area (Å²) >= 11 is 5.76. The van der Waals surface area contributed by atoms with E-state index in [-0.39, 0.29) is 30.4 Å². The molecule has 43 heavy (non-hydrogen) atoms. The molecule has 1 aromatic rings. The number of phenols is 1. The van der Waals surface area contributed by atoms with Gasteiger partial charge in [-0.15, -0.1) is 6.42 Å². The number of aromatic hydroxyl groups is 1. The molecule has 1 saturated heterocycles. The number of aliphatic hydroxyl groups excluding tert-OH is 4. The SMILES string of the molecule is C#CCOCCCCCCO[C@]1(C(=O)O)C[C@H](O)[C@@H](NC(=O)CO)[C@H]([C@H](O)[C@H](O)CNC(=O)Cc2ccc(Cl)c(O)c2)O1. The summed E-state index contributed by atoms with van der Waals surface area (Å²) in [4.78, 5) is 36.6. The number of amides is 2. The number of nitrogens with one attached hydrogen (secondary N) is 2. The van der Waals surface area contributed by atoms with Gasteiger partial charge >= 0.3 is 5.97 Å². The van der Waals surface area contributed by atoms with Crippen LogP contribution in [0.4, 0.5) is 0 Å². The van der Waals surface area contributed by atoms with Crippen molar-refractivity contribution in [3.05, 3.63) is 28.8 Å². The van der Waals surface area contributed by atoms with Crippen LogP contribution in [0.25, 0.3) is 0 Å². The quantitative estimate of drug-likeness (QED) is 0.0727. The Hall–Kier alpha value is -3.00. The van der Waals surface area contributed by atoms with E-state index in [2.05, 4.69) is 16.6 Å². The average Bonchev–Trinajstić information content (AvgIpc) is 2.97. The van der Waals surface area contributed by atoms with Crippen LogP contribution in [0, 0.1) is 12.3 Å². The fraction of sp³-hybridized carbons (Fsp3) is 0.607. The zero-order valence-corrected chi connectivity index (χ0v) is 24.2. The Morgan fingerprint density at radius 1 is 1.16 bits per heavy atom. The number of terminal acetylenes is 1. The van der Waals surface area contributed by atoms with Crippen molar-refractivity contribution in [3.63, 3.8) is 0 Å². The summed E-state index contributed by atoms with van der Waals surface area (Å²) in [5.74, 6) is -3.43. The first-order valence-corrected chi connectivity index (χ1v) is 14.1. The van der Waals surface area contributed by atoms with E-state index in [0.29, 0.717) is 25.0 Å². The number of carboxylic acids is 1. The van der Waals surface area contributed by atoms with Gasteiger partial charge in [-0.3, -0.25) is 9.59 Å². The number of ether oxygens (including phenoxy) is 3. The lowest BCUT2D eigenvalue weighted by Gasteiger charge is -2.46. The van der Waals surface area contributed by atoms with E-state index in [1.807, 2.05) is 0 Å². The maximum Gasteiger partial charge on any atom is 0.364 e. The zero-order valence-electron chi connectivity index (χ0n) is 23.5. The maximum absolute atomic E-state index is 12.4. The molecular formula is C28H39ClN2O12. The van der Waals surface area contributed by atoms with Gasteiger partial charge in [-0.2, -0.15) is 0 Å². The van der Waals surface area contributed by atoms with Crippen LogP contribution in [-0.2, 0) is 35.0 Å². The molecule has 0 spiro atoms. The fourth-order valence-corrected chi connectivity index (χ4v) is 4.57. The van der Waals surface area contributed by atoms with E-state index in [1.54, 1.807) is 0 Å². The Labute approximate surface area is 253 Å². The van der Waals surface area contributed by atoms with Crippen LogP contribution >= 0.6 is 11.6 Å². The summed E-state index contributed by atoms with van der Waals surface area (Å²) in [7, 11) is 0. The number of halogens is 1. The Balaban J connectivity index is 2.06. The first-order chi connectivity index (χ1) is 20.4. The van der Waals surface area contributed by atoms with Crippen molar-refractivity contribution in [1.82, 2.24) is 10.6 Å². The third kappa shape index (κ3) is 11.2. The van der Waals surface area contributed by atoms with Crippen molar-refractivity contribution in [2.24, 2.45) is 0 Å². The van der Waals surface area contributed by atoms with Gasteiger partial charge in [0, 0.05) is 19.6 Å². The number of phenolic OH excluding ortho intramolecular Hbond substituents is 1. The molecule has 14 nitrogen and oxygen atoms in total. The van der Waals surface area contributed by atoms with Gasteiger partial charge in [-0.25, -0.2) is 4.79 Å². The molecule has 0 bridgehead atoms. The zero-order chi connectivity index (χ0) is 32.0. The summed E-state index contributed by atoms with van der Waals surface area (Å²) in [5, 5.41) is 66.1. The van der Waals surface area contributed by atoms with Crippen molar-refractivity contribution in [1.29, 1.82) is 0 Å². The number of benzene rings is 1. The standard InChI is InChI=1S/C28H39ClN2O12/c1-2-9-41-10-5-3-4-6-11-42-28(27(39)40)14-20(34)24(31-23(37)16-32)26(43-28)25(38)21(35)15-30-22(36)13-17-7-8-18(29)19(33)12-17/h1,7-8,12,20-21,24-26,32-35,38H,3-6,9-11,13-16H2,(H,30,36)(H,31,37)(H,39,40)/t20-,21+,24+,25+,26+,28+/m0/s1. The second-order valence-electron chi connectivity index (χ2n) is 10.0. The first kappa shape index (κ1) is 36.2. The number of aliphatic carboxylic acids is 1. The number of unbranched alkanes of at least 4 members (excludes halogenated alkanes) is 3. The van der Waals surface area contributed by atoms with Crippen LogP contribution in [0.15, 0.2) is 18.2 Å². The third-order valence-electron chi connectivity index (χ3n) is 6.69. The highest BCUT2D eigenvalue weighted by atomic mass is 35.5. The van der Waals surface area contributed by atoms with Gasteiger partial charge in [0.2, 0.25) is 11.8 Å². The Morgan fingerprint density at radius 2 is 1.86 bits per heavy atom. The molecule has 0 radical (unpaired) electrons. The predicted octanol–water partition coefficient (Wildman–Crippen LogP) is -0.939.